The van der Waals surface area contributed by atoms with Gasteiger partial charge in [-0.3, -0.25) is 14.5 Å². The highest BCUT2D eigenvalue weighted by molar-refractivity contribution is 6.30. The van der Waals surface area contributed by atoms with Crippen LogP contribution in [-0.2, 0) is 9.59 Å². The summed E-state index contributed by atoms with van der Waals surface area (Å²) >= 11 is 5.99. The predicted octanol–water partition coefficient (Wildman–Crippen LogP) is 4.57. The van der Waals surface area contributed by atoms with E-state index in [9.17, 15) is 19.5 Å². The maximum atomic E-state index is 13.1. The highest BCUT2D eigenvalue weighted by atomic mass is 35.5. The van der Waals surface area contributed by atoms with Crippen LogP contribution in [0.25, 0.3) is 0 Å². The van der Waals surface area contributed by atoms with Gasteiger partial charge in [0.2, 0.25) is 5.91 Å². The van der Waals surface area contributed by atoms with Crippen molar-refractivity contribution in [1.82, 2.24) is 0 Å². The van der Waals surface area contributed by atoms with E-state index in [4.69, 9.17) is 11.6 Å². The van der Waals surface area contributed by atoms with Crippen LogP contribution in [0.4, 0.5) is 5.69 Å². The topological polar surface area (TPSA) is 74.7 Å². The lowest BCUT2D eigenvalue weighted by Gasteiger charge is -2.38. The number of carbonyl (C=O) groups excluding carboxylic acids is 2. The van der Waals surface area contributed by atoms with Crippen LogP contribution in [0, 0.1) is 0 Å². The summed E-state index contributed by atoms with van der Waals surface area (Å²) in [6.07, 6.45) is 1.89. The Bertz CT molecular complexity index is 1010. The second-order valence-electron chi connectivity index (χ2n) is 7.03. The van der Waals surface area contributed by atoms with Crippen molar-refractivity contribution in [3.63, 3.8) is 0 Å². The van der Waals surface area contributed by atoms with Crippen LogP contribution in [-0.4, -0.2) is 22.8 Å². The highest BCUT2D eigenvalue weighted by Crippen LogP contribution is 2.43. The quantitative estimate of drug-likeness (QED) is 0.826. The minimum atomic E-state index is -1.06. The van der Waals surface area contributed by atoms with Crippen molar-refractivity contribution in [3.8, 4) is 0 Å². The molecule has 1 aliphatic heterocycles. The van der Waals surface area contributed by atoms with Crippen molar-refractivity contribution in [2.75, 3.05) is 4.90 Å². The number of Topliss-reactive ketones (excluding diaryl/α,β-unsaturated/α-hetero) is 1. The molecule has 2 aromatic carbocycles. The first-order valence-corrected chi connectivity index (χ1v) is 9.51. The van der Waals surface area contributed by atoms with Crippen LogP contribution in [0.1, 0.15) is 47.5 Å². The van der Waals surface area contributed by atoms with E-state index >= 15 is 0 Å². The Morgan fingerprint density at radius 2 is 1.82 bits per heavy atom. The molecule has 0 radical (unpaired) electrons. The van der Waals surface area contributed by atoms with Crippen molar-refractivity contribution >= 4 is 34.9 Å². The first-order valence-electron chi connectivity index (χ1n) is 9.13. The van der Waals surface area contributed by atoms with Gasteiger partial charge in [-0.15, -0.1) is 0 Å². The van der Waals surface area contributed by atoms with Crippen molar-refractivity contribution in [3.05, 3.63) is 76.0 Å². The summed E-state index contributed by atoms with van der Waals surface area (Å²) in [6, 6.07) is 13.5. The van der Waals surface area contributed by atoms with E-state index in [2.05, 4.69) is 0 Å². The summed E-state index contributed by atoms with van der Waals surface area (Å²) in [7, 11) is 0. The van der Waals surface area contributed by atoms with Crippen molar-refractivity contribution in [2.24, 2.45) is 0 Å². The standard InChI is InChI=1S/C22H18ClNO4/c23-15-9-7-13(8-10-15)17-12-20(26)24(18-5-2-6-19(25)21(17)18)16-4-1-3-14(11-16)22(27)28/h1,3-4,7-11,17H,2,5-6,12H2,(H,27,28). The largest absolute Gasteiger partial charge is 0.478 e. The van der Waals surface area contributed by atoms with Crippen LogP contribution in [0.2, 0.25) is 5.02 Å². The molecule has 6 heteroatoms. The number of halogens is 1. The molecular formula is C22H18ClNO4. The lowest BCUT2D eigenvalue weighted by molar-refractivity contribution is -0.119. The van der Waals surface area contributed by atoms with E-state index < -0.39 is 5.97 Å². The summed E-state index contributed by atoms with van der Waals surface area (Å²) in [5, 5.41) is 9.88. The van der Waals surface area contributed by atoms with Crippen LogP contribution in [0.3, 0.4) is 0 Å². The summed E-state index contributed by atoms with van der Waals surface area (Å²) in [6.45, 7) is 0. The zero-order chi connectivity index (χ0) is 19.8. The van der Waals surface area contributed by atoms with Gasteiger partial charge >= 0.3 is 5.97 Å². The molecule has 2 aliphatic rings. The van der Waals surface area contributed by atoms with Gasteiger partial charge in [0.05, 0.1) is 5.56 Å². The molecule has 2 aromatic rings. The number of aromatic carboxylic acids is 1. The lowest BCUT2D eigenvalue weighted by atomic mass is 9.77. The molecule has 142 valence electrons. The number of rotatable bonds is 3. The second kappa shape index (κ2) is 7.24. The highest BCUT2D eigenvalue weighted by Gasteiger charge is 2.39. The van der Waals surface area contributed by atoms with Gasteiger partial charge in [-0.1, -0.05) is 29.8 Å². The number of anilines is 1. The van der Waals surface area contributed by atoms with Crippen LogP contribution in [0.5, 0.6) is 0 Å². The monoisotopic (exact) mass is 395 g/mol. The zero-order valence-corrected chi connectivity index (χ0v) is 15.8. The number of hydrogen-bond donors (Lipinski definition) is 1. The third-order valence-electron chi connectivity index (χ3n) is 5.30. The van der Waals surface area contributed by atoms with Crippen molar-refractivity contribution in [1.29, 1.82) is 0 Å². The van der Waals surface area contributed by atoms with Gasteiger partial charge in [-0.2, -0.15) is 0 Å². The fourth-order valence-electron chi connectivity index (χ4n) is 4.05. The van der Waals surface area contributed by atoms with Gasteiger partial charge < -0.3 is 5.11 Å². The Kier molecular flexibility index (Phi) is 4.77. The van der Waals surface area contributed by atoms with E-state index in [0.29, 0.717) is 41.2 Å². The van der Waals surface area contributed by atoms with Gasteiger partial charge in [0.1, 0.15) is 0 Å². The van der Waals surface area contributed by atoms with Gasteiger partial charge in [-0.05, 0) is 48.7 Å². The number of carboxylic acid groups (broad SMARTS) is 1. The number of nitrogens with zero attached hydrogens (tertiary/aromatic N) is 1. The average molecular weight is 396 g/mol. The zero-order valence-electron chi connectivity index (χ0n) is 15.0. The van der Waals surface area contributed by atoms with Crippen LogP contribution < -0.4 is 4.90 Å². The Hall–Kier alpha value is -2.92. The molecular weight excluding hydrogens is 378 g/mol. The Balaban J connectivity index is 1.84. The number of hydrogen-bond acceptors (Lipinski definition) is 3. The first-order chi connectivity index (χ1) is 13.5. The minimum Gasteiger partial charge on any atom is -0.478 e. The maximum absolute atomic E-state index is 13.1. The number of carboxylic acids is 1. The molecule has 0 saturated carbocycles. The third kappa shape index (κ3) is 3.22. The van der Waals surface area contributed by atoms with E-state index in [1.54, 1.807) is 24.3 Å². The number of carbonyl (C=O) groups is 3. The normalized spacial score (nSPS) is 19.6. The number of ketones is 1. The molecule has 0 saturated heterocycles. The molecule has 1 N–H and O–H groups in total. The number of amides is 1. The fraction of sp³-hybridized carbons (Fsp3) is 0.227. The fourth-order valence-corrected chi connectivity index (χ4v) is 4.18. The molecule has 0 fully saturated rings. The molecule has 1 atom stereocenters. The third-order valence-corrected chi connectivity index (χ3v) is 5.55. The molecule has 5 nitrogen and oxygen atoms in total. The smallest absolute Gasteiger partial charge is 0.335 e. The summed E-state index contributed by atoms with van der Waals surface area (Å²) in [5.41, 5.74) is 2.83. The predicted molar refractivity (Wildman–Crippen MR) is 106 cm³/mol. The van der Waals surface area contributed by atoms with E-state index in [-0.39, 0.29) is 29.6 Å². The lowest BCUT2D eigenvalue weighted by Crippen LogP contribution is -2.40. The maximum Gasteiger partial charge on any atom is 0.335 e. The molecule has 0 spiro atoms. The molecule has 1 aliphatic carbocycles. The van der Waals surface area contributed by atoms with Crippen molar-refractivity contribution in [2.45, 2.75) is 31.6 Å². The SMILES string of the molecule is O=C1CCCC2=C1C(c1ccc(Cl)cc1)CC(=O)N2c1cccc(C(=O)O)c1. The summed E-state index contributed by atoms with van der Waals surface area (Å²) < 4.78 is 0. The molecule has 1 heterocycles. The van der Waals surface area contributed by atoms with E-state index in [1.165, 1.54) is 17.0 Å². The minimum absolute atomic E-state index is 0.0492. The summed E-state index contributed by atoms with van der Waals surface area (Å²) in [5.74, 6) is -1.45. The average Bonchev–Trinajstić information content (AvgIpc) is 2.68. The molecule has 1 amide bonds. The molecule has 0 aromatic heterocycles. The van der Waals surface area contributed by atoms with Crippen LogP contribution in [0.15, 0.2) is 59.8 Å². The first kappa shape index (κ1) is 18.4. The van der Waals surface area contributed by atoms with Gasteiger partial charge in [0.25, 0.3) is 0 Å². The molecule has 0 bridgehead atoms. The van der Waals surface area contributed by atoms with E-state index in [0.717, 1.165) is 5.56 Å². The van der Waals surface area contributed by atoms with Crippen molar-refractivity contribution < 1.29 is 19.5 Å². The Labute approximate surface area is 167 Å². The van der Waals surface area contributed by atoms with E-state index in [1.807, 2.05) is 12.1 Å². The number of allylic oxidation sites excluding steroid dienone is 2. The molecule has 4 rings (SSSR count). The van der Waals surface area contributed by atoms with Crippen LogP contribution >= 0.6 is 11.6 Å². The summed E-state index contributed by atoms with van der Waals surface area (Å²) in [4.78, 5) is 38.8. The second-order valence-corrected chi connectivity index (χ2v) is 7.47. The molecule has 1 unspecified atom stereocenters. The van der Waals surface area contributed by atoms with Gasteiger partial charge in [0.15, 0.2) is 5.78 Å². The van der Waals surface area contributed by atoms with Gasteiger partial charge in [0, 0.05) is 40.7 Å². The van der Waals surface area contributed by atoms with Gasteiger partial charge in [-0.25, -0.2) is 4.79 Å². The molecule has 28 heavy (non-hydrogen) atoms. The Morgan fingerprint density at radius 1 is 1.07 bits per heavy atom. The Morgan fingerprint density at radius 3 is 2.54 bits per heavy atom. The number of benzene rings is 2.